The third-order valence-electron chi connectivity index (χ3n) is 2.74. The van der Waals surface area contributed by atoms with Crippen LogP contribution < -0.4 is 4.74 Å². The fourth-order valence-corrected chi connectivity index (χ4v) is 2.64. The minimum absolute atomic E-state index is 0.740. The Labute approximate surface area is 130 Å². The summed E-state index contributed by atoms with van der Waals surface area (Å²) < 4.78 is 6.99. The zero-order chi connectivity index (χ0) is 14.1. The van der Waals surface area contributed by atoms with E-state index in [4.69, 9.17) is 4.74 Å². The molecule has 0 saturated heterocycles. The molecule has 0 atom stereocenters. The largest absolute Gasteiger partial charge is 0.492 e. The molecule has 0 aromatic heterocycles. The standard InChI is InChI=1S/C16H22INO/c1-4-9-18(10-5-2)11-6-12-19-16-8-7-14(3)13-15(16)17/h4-5,7-8,13H,1-2,6,9-12H2,3H3. The Bertz CT molecular complexity index is 407. The first-order chi connectivity index (χ1) is 9.17. The van der Waals surface area contributed by atoms with Gasteiger partial charge >= 0.3 is 0 Å². The van der Waals surface area contributed by atoms with Crippen molar-refractivity contribution in [3.8, 4) is 5.75 Å². The van der Waals surface area contributed by atoms with Gasteiger partial charge in [-0.05, 0) is 53.6 Å². The van der Waals surface area contributed by atoms with E-state index in [9.17, 15) is 0 Å². The predicted octanol–water partition coefficient (Wildman–Crippen LogP) is 4.04. The predicted molar refractivity (Wildman–Crippen MR) is 90.8 cm³/mol. The Morgan fingerprint density at radius 2 is 1.95 bits per heavy atom. The second-order valence-corrected chi connectivity index (χ2v) is 5.64. The number of rotatable bonds is 9. The topological polar surface area (TPSA) is 12.5 Å². The van der Waals surface area contributed by atoms with Crippen molar-refractivity contribution in [3.05, 3.63) is 52.6 Å². The van der Waals surface area contributed by atoms with Crippen molar-refractivity contribution >= 4 is 22.6 Å². The minimum Gasteiger partial charge on any atom is -0.492 e. The fourth-order valence-electron chi connectivity index (χ4n) is 1.82. The SMILES string of the molecule is C=CCN(CC=C)CCCOc1ccc(C)cc1I. The van der Waals surface area contributed by atoms with Gasteiger partial charge in [0.2, 0.25) is 0 Å². The average molecular weight is 371 g/mol. The molecule has 0 N–H and O–H groups in total. The Balaban J connectivity index is 2.33. The van der Waals surface area contributed by atoms with Crippen molar-refractivity contribution in [2.45, 2.75) is 13.3 Å². The molecule has 0 aliphatic heterocycles. The molecule has 0 heterocycles. The lowest BCUT2D eigenvalue weighted by Crippen LogP contribution is -2.26. The van der Waals surface area contributed by atoms with Crippen LogP contribution in [0.25, 0.3) is 0 Å². The van der Waals surface area contributed by atoms with E-state index in [2.05, 4.69) is 59.7 Å². The lowest BCUT2D eigenvalue weighted by molar-refractivity contribution is 0.261. The summed E-state index contributed by atoms with van der Waals surface area (Å²) in [5.41, 5.74) is 1.26. The van der Waals surface area contributed by atoms with Crippen molar-refractivity contribution in [1.82, 2.24) is 4.90 Å². The summed E-state index contributed by atoms with van der Waals surface area (Å²) in [6.07, 6.45) is 4.85. The summed E-state index contributed by atoms with van der Waals surface area (Å²) in [5.74, 6) is 0.977. The zero-order valence-electron chi connectivity index (χ0n) is 11.6. The van der Waals surface area contributed by atoms with Gasteiger partial charge in [-0.2, -0.15) is 0 Å². The number of halogens is 1. The Morgan fingerprint density at radius 1 is 1.26 bits per heavy atom. The number of hydrogen-bond donors (Lipinski definition) is 0. The summed E-state index contributed by atoms with van der Waals surface area (Å²) in [5, 5.41) is 0. The lowest BCUT2D eigenvalue weighted by Gasteiger charge is -2.18. The quantitative estimate of drug-likeness (QED) is 0.369. The molecular formula is C16H22INO. The van der Waals surface area contributed by atoms with Gasteiger partial charge < -0.3 is 4.74 Å². The molecule has 0 aliphatic rings. The molecular weight excluding hydrogens is 349 g/mol. The van der Waals surface area contributed by atoms with Crippen molar-refractivity contribution < 1.29 is 4.74 Å². The number of nitrogens with zero attached hydrogens (tertiary/aromatic N) is 1. The zero-order valence-corrected chi connectivity index (χ0v) is 13.7. The number of benzene rings is 1. The molecule has 1 aromatic carbocycles. The van der Waals surface area contributed by atoms with Gasteiger partial charge in [0.1, 0.15) is 5.75 Å². The van der Waals surface area contributed by atoms with Gasteiger partial charge in [-0.3, -0.25) is 4.90 Å². The van der Waals surface area contributed by atoms with E-state index < -0.39 is 0 Å². The maximum atomic E-state index is 5.81. The third kappa shape index (κ3) is 6.25. The van der Waals surface area contributed by atoms with E-state index >= 15 is 0 Å². The maximum Gasteiger partial charge on any atom is 0.132 e. The summed E-state index contributed by atoms with van der Waals surface area (Å²) >= 11 is 2.32. The van der Waals surface area contributed by atoms with Crippen LogP contribution in [-0.4, -0.2) is 31.1 Å². The second-order valence-electron chi connectivity index (χ2n) is 4.47. The molecule has 0 saturated carbocycles. The van der Waals surface area contributed by atoms with Crippen LogP contribution in [0.4, 0.5) is 0 Å². The lowest BCUT2D eigenvalue weighted by atomic mass is 10.2. The van der Waals surface area contributed by atoms with Crippen LogP contribution in [0.2, 0.25) is 0 Å². The first-order valence-electron chi connectivity index (χ1n) is 6.50. The smallest absolute Gasteiger partial charge is 0.132 e. The summed E-state index contributed by atoms with van der Waals surface area (Å²) in [7, 11) is 0. The van der Waals surface area contributed by atoms with E-state index in [1.54, 1.807) is 0 Å². The highest BCUT2D eigenvalue weighted by Gasteiger charge is 2.03. The van der Waals surface area contributed by atoms with Gasteiger partial charge in [0.15, 0.2) is 0 Å². The Morgan fingerprint density at radius 3 is 2.53 bits per heavy atom. The van der Waals surface area contributed by atoms with E-state index in [-0.39, 0.29) is 0 Å². The summed E-state index contributed by atoms with van der Waals surface area (Å²) in [4.78, 5) is 2.30. The van der Waals surface area contributed by atoms with E-state index in [0.717, 1.165) is 38.4 Å². The molecule has 0 unspecified atom stereocenters. The van der Waals surface area contributed by atoms with Gasteiger partial charge in [-0.25, -0.2) is 0 Å². The van der Waals surface area contributed by atoms with Crippen LogP contribution in [0.15, 0.2) is 43.5 Å². The monoisotopic (exact) mass is 371 g/mol. The van der Waals surface area contributed by atoms with Crippen LogP contribution in [0, 0.1) is 10.5 Å². The van der Waals surface area contributed by atoms with E-state index in [1.807, 2.05) is 18.2 Å². The summed E-state index contributed by atoms with van der Waals surface area (Å²) in [6, 6.07) is 6.26. The highest BCUT2D eigenvalue weighted by Crippen LogP contribution is 2.21. The van der Waals surface area contributed by atoms with E-state index in [0.29, 0.717) is 0 Å². The number of aryl methyl sites for hydroxylation is 1. The van der Waals surface area contributed by atoms with Crippen LogP contribution >= 0.6 is 22.6 Å². The molecule has 1 rings (SSSR count). The maximum absolute atomic E-state index is 5.81. The Hall–Kier alpha value is -0.810. The summed E-state index contributed by atoms with van der Waals surface area (Å²) in [6.45, 7) is 13.2. The molecule has 104 valence electrons. The fraction of sp³-hybridized carbons (Fsp3) is 0.375. The van der Waals surface area contributed by atoms with Gasteiger partial charge in [0.25, 0.3) is 0 Å². The number of hydrogen-bond acceptors (Lipinski definition) is 2. The molecule has 0 amide bonds. The van der Waals surface area contributed by atoms with Crippen LogP contribution in [0.1, 0.15) is 12.0 Å². The molecule has 2 nitrogen and oxygen atoms in total. The molecule has 0 radical (unpaired) electrons. The van der Waals surface area contributed by atoms with E-state index in [1.165, 1.54) is 9.13 Å². The normalized spacial score (nSPS) is 10.5. The van der Waals surface area contributed by atoms with Crippen LogP contribution in [-0.2, 0) is 0 Å². The third-order valence-corrected chi connectivity index (χ3v) is 3.58. The van der Waals surface area contributed by atoms with Crippen molar-refractivity contribution in [2.75, 3.05) is 26.2 Å². The average Bonchev–Trinajstić information content (AvgIpc) is 2.37. The van der Waals surface area contributed by atoms with Crippen molar-refractivity contribution in [3.63, 3.8) is 0 Å². The highest BCUT2D eigenvalue weighted by atomic mass is 127. The molecule has 0 spiro atoms. The van der Waals surface area contributed by atoms with Gasteiger partial charge in [-0.15, -0.1) is 13.2 Å². The van der Waals surface area contributed by atoms with Crippen molar-refractivity contribution in [1.29, 1.82) is 0 Å². The molecule has 0 fully saturated rings. The minimum atomic E-state index is 0.740. The molecule has 0 bridgehead atoms. The Kier molecular flexibility index (Phi) is 7.82. The van der Waals surface area contributed by atoms with Crippen LogP contribution in [0.5, 0.6) is 5.75 Å². The first-order valence-corrected chi connectivity index (χ1v) is 7.58. The number of ether oxygens (including phenoxy) is 1. The van der Waals surface area contributed by atoms with Gasteiger partial charge in [0.05, 0.1) is 10.2 Å². The second kappa shape index (κ2) is 9.15. The van der Waals surface area contributed by atoms with Crippen LogP contribution in [0.3, 0.4) is 0 Å². The van der Waals surface area contributed by atoms with Crippen molar-refractivity contribution in [2.24, 2.45) is 0 Å². The van der Waals surface area contributed by atoms with Gasteiger partial charge in [-0.1, -0.05) is 18.2 Å². The molecule has 3 heteroatoms. The molecule has 0 aliphatic carbocycles. The van der Waals surface area contributed by atoms with Gasteiger partial charge in [0, 0.05) is 19.6 Å². The first kappa shape index (κ1) is 16.2. The molecule has 1 aromatic rings. The molecule has 19 heavy (non-hydrogen) atoms. The highest BCUT2D eigenvalue weighted by molar-refractivity contribution is 14.1.